The lowest BCUT2D eigenvalue weighted by Gasteiger charge is -2.26. The number of nitrogens with zero attached hydrogens (tertiary/aromatic N) is 3. The predicted octanol–water partition coefficient (Wildman–Crippen LogP) is 7.93. The maximum absolute atomic E-state index is 13.6. The number of amides is 1. The van der Waals surface area contributed by atoms with Crippen LogP contribution >= 0.6 is 0 Å². The third-order valence-corrected chi connectivity index (χ3v) is 7.66. The molecule has 0 aliphatic carbocycles. The number of aryl methyl sites for hydroxylation is 2. The molecule has 45 heavy (non-hydrogen) atoms. The van der Waals surface area contributed by atoms with Crippen molar-refractivity contribution in [3.05, 3.63) is 89.6 Å². The zero-order valence-electron chi connectivity index (χ0n) is 26.5. The fourth-order valence-corrected chi connectivity index (χ4v) is 5.28. The highest BCUT2D eigenvalue weighted by Gasteiger charge is 2.20. The van der Waals surface area contributed by atoms with Crippen LogP contribution in [0.2, 0.25) is 0 Å². The monoisotopic (exact) mass is 609 g/mol. The summed E-state index contributed by atoms with van der Waals surface area (Å²) in [6.45, 7) is 10.6. The highest BCUT2D eigenvalue weighted by Crippen LogP contribution is 2.33. The molecular formula is C36H43N5O4. The van der Waals surface area contributed by atoms with Gasteiger partial charge in [-0.2, -0.15) is 4.98 Å². The number of carbonyl (C=O) groups excluding carboxylic acids is 1. The molecule has 0 saturated carbocycles. The fraction of sp³-hybridized carbons (Fsp3) is 0.361. The minimum atomic E-state index is -0.374. The van der Waals surface area contributed by atoms with Crippen LogP contribution in [0.5, 0.6) is 23.1 Å². The van der Waals surface area contributed by atoms with Gasteiger partial charge >= 0.3 is 0 Å². The second kappa shape index (κ2) is 15.9. The van der Waals surface area contributed by atoms with E-state index >= 15 is 0 Å². The van der Waals surface area contributed by atoms with Gasteiger partial charge in [0.2, 0.25) is 11.8 Å². The minimum absolute atomic E-state index is 0.105. The first-order chi connectivity index (χ1) is 22.0. The Morgan fingerprint density at radius 2 is 1.64 bits per heavy atom. The number of para-hydroxylation sites is 3. The Morgan fingerprint density at radius 1 is 0.889 bits per heavy atom. The van der Waals surface area contributed by atoms with Crippen molar-refractivity contribution in [2.24, 2.45) is 0 Å². The van der Waals surface area contributed by atoms with E-state index in [1.165, 1.54) is 38.5 Å². The summed E-state index contributed by atoms with van der Waals surface area (Å²) in [4.78, 5) is 25.2. The number of benzene rings is 3. The van der Waals surface area contributed by atoms with Gasteiger partial charge in [0, 0.05) is 30.2 Å². The van der Waals surface area contributed by atoms with Crippen molar-refractivity contribution >= 4 is 23.2 Å². The molecule has 0 unspecified atom stereocenters. The van der Waals surface area contributed by atoms with E-state index in [0.29, 0.717) is 24.7 Å². The largest absolute Gasteiger partial charge is 0.493 e. The fourth-order valence-electron chi connectivity index (χ4n) is 5.28. The first-order valence-electron chi connectivity index (χ1n) is 15.9. The number of aromatic nitrogens is 2. The normalized spacial score (nSPS) is 13.2. The third-order valence-electron chi connectivity index (χ3n) is 7.66. The highest BCUT2D eigenvalue weighted by atomic mass is 16.5. The van der Waals surface area contributed by atoms with Crippen molar-refractivity contribution in [2.75, 3.05) is 43.5 Å². The van der Waals surface area contributed by atoms with Crippen molar-refractivity contribution in [1.29, 1.82) is 0 Å². The molecule has 3 aromatic carbocycles. The Bertz CT molecular complexity index is 1550. The lowest BCUT2D eigenvalue weighted by atomic mass is 10.1. The van der Waals surface area contributed by atoms with Gasteiger partial charge in [-0.05, 0) is 88.0 Å². The zero-order valence-corrected chi connectivity index (χ0v) is 26.5. The van der Waals surface area contributed by atoms with Gasteiger partial charge in [0.25, 0.3) is 5.91 Å². The van der Waals surface area contributed by atoms with Crippen LogP contribution in [0.3, 0.4) is 0 Å². The van der Waals surface area contributed by atoms with Gasteiger partial charge in [0.1, 0.15) is 11.3 Å². The van der Waals surface area contributed by atoms with Gasteiger partial charge < -0.3 is 29.7 Å². The predicted molar refractivity (Wildman–Crippen MR) is 178 cm³/mol. The minimum Gasteiger partial charge on any atom is -0.493 e. The summed E-state index contributed by atoms with van der Waals surface area (Å²) in [5, 5.41) is 6.26. The number of carbonyl (C=O) groups is 1. The maximum Gasteiger partial charge on any atom is 0.262 e. The molecule has 2 N–H and O–H groups in total. The molecule has 1 aliphatic heterocycles. The quantitative estimate of drug-likeness (QED) is 0.139. The second-order valence-corrected chi connectivity index (χ2v) is 11.3. The van der Waals surface area contributed by atoms with E-state index in [0.717, 1.165) is 47.6 Å². The summed E-state index contributed by atoms with van der Waals surface area (Å²) in [7, 11) is 0. The lowest BCUT2D eigenvalue weighted by molar-refractivity contribution is 0.102. The number of rotatable bonds is 14. The molecule has 9 heteroatoms. The van der Waals surface area contributed by atoms with E-state index in [1.54, 1.807) is 6.07 Å². The van der Waals surface area contributed by atoms with Gasteiger partial charge in [-0.3, -0.25) is 4.79 Å². The van der Waals surface area contributed by atoms with Crippen molar-refractivity contribution < 1.29 is 19.0 Å². The molecule has 1 aliphatic rings. The first-order valence-corrected chi connectivity index (χ1v) is 15.9. The molecular weight excluding hydrogens is 566 g/mol. The summed E-state index contributed by atoms with van der Waals surface area (Å²) < 4.78 is 18.2. The van der Waals surface area contributed by atoms with Crippen LogP contribution in [0.15, 0.2) is 72.9 Å². The Hall–Kier alpha value is -4.63. The number of anilines is 3. The number of hydrogen-bond donors (Lipinski definition) is 2. The van der Waals surface area contributed by atoms with Gasteiger partial charge in [-0.15, -0.1) is 0 Å². The van der Waals surface area contributed by atoms with E-state index < -0.39 is 0 Å². The molecule has 1 aromatic heterocycles. The van der Waals surface area contributed by atoms with Gasteiger partial charge in [0.15, 0.2) is 11.5 Å². The van der Waals surface area contributed by atoms with E-state index in [-0.39, 0.29) is 23.3 Å². The third kappa shape index (κ3) is 8.95. The molecule has 0 spiro atoms. The standard InChI is InChI=1S/C36H43N5O4/c1-4-22-44-31-17-6-7-18-32(31)45-35-30(34(42)39-33-26(2)13-10-14-27(33)3)25-37-36(40-35)38-28-15-11-16-29(24-28)43-23-12-21-41-19-8-5-9-20-41/h6-7,10-11,13-18,24-25H,4-5,8-9,12,19-23H2,1-3H3,(H,39,42)(H,37,38,40). The van der Waals surface area contributed by atoms with Crippen molar-refractivity contribution in [1.82, 2.24) is 14.9 Å². The molecule has 1 saturated heterocycles. The molecule has 5 rings (SSSR count). The maximum atomic E-state index is 13.6. The first kappa shape index (κ1) is 31.8. The van der Waals surface area contributed by atoms with Crippen LogP contribution in [0.25, 0.3) is 0 Å². The SMILES string of the molecule is CCCOc1ccccc1Oc1nc(Nc2cccc(OCCCN3CCCCC3)c2)ncc1C(=O)Nc1c(C)cccc1C. The van der Waals surface area contributed by atoms with Crippen LogP contribution in [0, 0.1) is 13.8 Å². The van der Waals surface area contributed by atoms with E-state index in [1.807, 2.05) is 81.4 Å². The molecule has 1 fully saturated rings. The summed E-state index contributed by atoms with van der Waals surface area (Å²) >= 11 is 0. The summed E-state index contributed by atoms with van der Waals surface area (Å²) in [6.07, 6.45) is 7.23. The van der Waals surface area contributed by atoms with E-state index in [9.17, 15) is 4.79 Å². The molecule has 4 aromatic rings. The Morgan fingerprint density at radius 3 is 2.42 bits per heavy atom. The van der Waals surface area contributed by atoms with Crippen molar-refractivity contribution in [2.45, 2.75) is 52.9 Å². The van der Waals surface area contributed by atoms with Gasteiger partial charge in [0.05, 0.1) is 13.2 Å². The molecule has 0 radical (unpaired) electrons. The van der Waals surface area contributed by atoms with Crippen LogP contribution < -0.4 is 24.8 Å². The number of likely N-dealkylation sites (tertiary alicyclic amines) is 1. The van der Waals surface area contributed by atoms with E-state index in [4.69, 9.17) is 14.2 Å². The molecule has 2 heterocycles. The van der Waals surface area contributed by atoms with Gasteiger partial charge in [-0.1, -0.05) is 49.7 Å². The molecule has 9 nitrogen and oxygen atoms in total. The number of nitrogens with one attached hydrogen (secondary N) is 2. The van der Waals surface area contributed by atoms with Crippen LogP contribution in [0.1, 0.15) is 60.5 Å². The number of piperidine rings is 1. The molecule has 0 bridgehead atoms. The van der Waals surface area contributed by atoms with Crippen LogP contribution in [-0.2, 0) is 0 Å². The topological polar surface area (TPSA) is 97.8 Å². The number of hydrogen-bond acceptors (Lipinski definition) is 8. The summed E-state index contributed by atoms with van der Waals surface area (Å²) in [5.74, 6) is 1.80. The Balaban J connectivity index is 1.34. The molecule has 1 amide bonds. The van der Waals surface area contributed by atoms with Crippen LogP contribution in [0.4, 0.5) is 17.3 Å². The second-order valence-electron chi connectivity index (χ2n) is 11.3. The smallest absolute Gasteiger partial charge is 0.262 e. The van der Waals surface area contributed by atoms with E-state index in [2.05, 4.69) is 25.5 Å². The zero-order chi connectivity index (χ0) is 31.4. The molecule has 236 valence electrons. The van der Waals surface area contributed by atoms with Crippen LogP contribution in [-0.4, -0.2) is 53.6 Å². The molecule has 0 atom stereocenters. The average Bonchev–Trinajstić information content (AvgIpc) is 3.05. The Labute approximate surface area is 266 Å². The highest BCUT2D eigenvalue weighted by molar-refractivity contribution is 6.06. The van der Waals surface area contributed by atoms with Crippen molar-refractivity contribution in [3.63, 3.8) is 0 Å². The van der Waals surface area contributed by atoms with Gasteiger partial charge in [-0.25, -0.2) is 4.98 Å². The average molecular weight is 610 g/mol. The summed E-state index contributed by atoms with van der Waals surface area (Å²) in [6, 6.07) is 20.9. The number of ether oxygens (including phenoxy) is 3. The Kier molecular flexibility index (Phi) is 11.2. The van der Waals surface area contributed by atoms with Crippen molar-refractivity contribution in [3.8, 4) is 23.1 Å². The lowest BCUT2D eigenvalue weighted by Crippen LogP contribution is -2.31. The summed E-state index contributed by atoms with van der Waals surface area (Å²) in [5.41, 5.74) is 3.61.